The number of halogens is 2. The largest absolute Gasteiger partial charge is 0.419 e. The van der Waals surface area contributed by atoms with Crippen LogP contribution in [-0.2, 0) is 0 Å². The molecule has 1 unspecified atom stereocenters. The maximum atomic E-state index is 6.34. The predicted molar refractivity (Wildman–Crippen MR) is 78.9 cm³/mol. The number of aromatic nitrogens is 2. The van der Waals surface area contributed by atoms with Crippen molar-refractivity contribution in [3.05, 3.63) is 71.1 Å². The van der Waals surface area contributed by atoms with Crippen molar-refractivity contribution >= 4 is 23.2 Å². The first kappa shape index (κ1) is 13.2. The summed E-state index contributed by atoms with van der Waals surface area (Å²) in [7, 11) is 0. The predicted octanol–water partition coefficient (Wildman–Crippen LogP) is 4.72. The molecule has 0 saturated heterocycles. The van der Waals surface area contributed by atoms with Gasteiger partial charge in [0.25, 0.3) is 0 Å². The van der Waals surface area contributed by atoms with Gasteiger partial charge in [0, 0.05) is 0 Å². The van der Waals surface area contributed by atoms with Crippen LogP contribution in [0.5, 0.6) is 0 Å². The Kier molecular flexibility index (Phi) is 3.72. The van der Waals surface area contributed by atoms with Crippen LogP contribution >= 0.6 is 23.2 Å². The number of nitrogens with zero attached hydrogens (tertiary/aromatic N) is 2. The monoisotopic (exact) mass is 304 g/mol. The molecule has 1 heterocycles. The van der Waals surface area contributed by atoms with Gasteiger partial charge >= 0.3 is 0 Å². The van der Waals surface area contributed by atoms with Crippen LogP contribution < -0.4 is 0 Å². The van der Waals surface area contributed by atoms with E-state index < -0.39 is 5.38 Å². The fourth-order valence-electron chi connectivity index (χ4n) is 1.85. The van der Waals surface area contributed by atoms with Crippen LogP contribution in [0.15, 0.2) is 59.0 Å². The zero-order chi connectivity index (χ0) is 13.9. The summed E-state index contributed by atoms with van der Waals surface area (Å²) < 4.78 is 5.63. The third-order valence-corrected chi connectivity index (χ3v) is 3.62. The van der Waals surface area contributed by atoms with Crippen LogP contribution in [0.1, 0.15) is 16.8 Å². The van der Waals surface area contributed by atoms with Crippen molar-refractivity contribution in [3.8, 4) is 11.5 Å². The molecule has 3 rings (SSSR count). The standard InChI is InChI=1S/C15H10Cl2N2O/c16-12-9-5-4-8-11(12)14-18-19-15(20-14)13(17)10-6-2-1-3-7-10/h1-9,13H. The van der Waals surface area contributed by atoms with Crippen LogP contribution in [0.25, 0.3) is 11.5 Å². The Morgan fingerprint density at radius 2 is 1.60 bits per heavy atom. The van der Waals surface area contributed by atoms with Gasteiger partial charge in [-0.05, 0) is 17.7 Å². The normalized spacial score (nSPS) is 12.3. The van der Waals surface area contributed by atoms with Crippen molar-refractivity contribution < 1.29 is 4.42 Å². The molecule has 5 heteroatoms. The highest BCUT2D eigenvalue weighted by Crippen LogP contribution is 2.31. The summed E-state index contributed by atoms with van der Waals surface area (Å²) in [6.45, 7) is 0. The Morgan fingerprint density at radius 1 is 0.900 bits per heavy atom. The van der Waals surface area contributed by atoms with Gasteiger partial charge in [0.15, 0.2) is 0 Å². The van der Waals surface area contributed by atoms with E-state index in [4.69, 9.17) is 27.6 Å². The van der Waals surface area contributed by atoms with Crippen LogP contribution in [-0.4, -0.2) is 10.2 Å². The minimum absolute atomic E-state index is 0.354. The minimum Gasteiger partial charge on any atom is -0.419 e. The summed E-state index contributed by atoms with van der Waals surface area (Å²) in [4.78, 5) is 0. The first-order valence-corrected chi connectivity index (χ1v) is 6.84. The molecule has 1 aromatic heterocycles. The highest BCUT2D eigenvalue weighted by atomic mass is 35.5. The van der Waals surface area contributed by atoms with Crippen molar-refractivity contribution in [2.45, 2.75) is 5.38 Å². The third kappa shape index (κ3) is 2.55. The van der Waals surface area contributed by atoms with Gasteiger partial charge in [-0.3, -0.25) is 0 Å². The molecular weight excluding hydrogens is 295 g/mol. The van der Waals surface area contributed by atoms with Gasteiger partial charge in [-0.25, -0.2) is 0 Å². The second-order valence-electron chi connectivity index (χ2n) is 4.20. The summed E-state index contributed by atoms with van der Waals surface area (Å²) >= 11 is 12.4. The van der Waals surface area contributed by atoms with Gasteiger partial charge < -0.3 is 4.42 Å². The zero-order valence-electron chi connectivity index (χ0n) is 10.3. The number of hydrogen-bond acceptors (Lipinski definition) is 3. The van der Waals surface area contributed by atoms with E-state index in [0.29, 0.717) is 22.4 Å². The van der Waals surface area contributed by atoms with Crippen molar-refractivity contribution in [3.63, 3.8) is 0 Å². The van der Waals surface area contributed by atoms with Crippen LogP contribution in [0.2, 0.25) is 5.02 Å². The van der Waals surface area contributed by atoms with E-state index in [0.717, 1.165) is 5.56 Å². The van der Waals surface area contributed by atoms with Gasteiger partial charge in [0.1, 0.15) is 5.38 Å². The van der Waals surface area contributed by atoms with Crippen LogP contribution in [0.4, 0.5) is 0 Å². The van der Waals surface area contributed by atoms with Crippen LogP contribution in [0.3, 0.4) is 0 Å². The van der Waals surface area contributed by atoms with Gasteiger partial charge in [-0.2, -0.15) is 0 Å². The van der Waals surface area contributed by atoms with E-state index in [-0.39, 0.29) is 0 Å². The van der Waals surface area contributed by atoms with Crippen molar-refractivity contribution in [2.75, 3.05) is 0 Å². The molecule has 100 valence electrons. The Bertz CT molecular complexity index is 713. The zero-order valence-corrected chi connectivity index (χ0v) is 11.8. The van der Waals surface area contributed by atoms with E-state index in [1.165, 1.54) is 0 Å². The number of rotatable bonds is 3. The molecule has 20 heavy (non-hydrogen) atoms. The molecule has 0 aliphatic rings. The lowest BCUT2D eigenvalue weighted by Crippen LogP contribution is -1.92. The lowest BCUT2D eigenvalue weighted by Gasteiger charge is -2.04. The number of benzene rings is 2. The third-order valence-electron chi connectivity index (χ3n) is 2.85. The molecule has 0 aliphatic heterocycles. The molecule has 0 amide bonds. The molecule has 0 bridgehead atoms. The maximum absolute atomic E-state index is 6.34. The molecule has 0 N–H and O–H groups in total. The first-order chi connectivity index (χ1) is 9.75. The van der Waals surface area contributed by atoms with Gasteiger partial charge in [-0.15, -0.1) is 21.8 Å². The molecule has 3 aromatic rings. The van der Waals surface area contributed by atoms with E-state index in [9.17, 15) is 0 Å². The van der Waals surface area contributed by atoms with Gasteiger partial charge in [0.05, 0.1) is 10.6 Å². The lowest BCUT2D eigenvalue weighted by atomic mass is 10.1. The molecule has 0 spiro atoms. The number of hydrogen-bond donors (Lipinski definition) is 0. The van der Waals surface area contributed by atoms with Crippen molar-refractivity contribution in [2.24, 2.45) is 0 Å². The van der Waals surface area contributed by atoms with Crippen molar-refractivity contribution in [1.29, 1.82) is 0 Å². The Balaban J connectivity index is 1.93. The first-order valence-electron chi connectivity index (χ1n) is 6.03. The Morgan fingerprint density at radius 3 is 2.35 bits per heavy atom. The molecular formula is C15H10Cl2N2O. The fraction of sp³-hybridized carbons (Fsp3) is 0.0667. The molecule has 2 aromatic carbocycles. The second-order valence-corrected chi connectivity index (χ2v) is 5.04. The average Bonchev–Trinajstić information content (AvgIpc) is 2.97. The minimum atomic E-state index is -0.472. The van der Waals surface area contributed by atoms with E-state index in [2.05, 4.69) is 10.2 Å². The highest BCUT2D eigenvalue weighted by Gasteiger charge is 2.19. The summed E-state index contributed by atoms with van der Waals surface area (Å²) in [5.41, 5.74) is 1.60. The molecule has 0 aliphatic carbocycles. The highest BCUT2D eigenvalue weighted by molar-refractivity contribution is 6.33. The summed E-state index contributed by atoms with van der Waals surface area (Å²) in [6.07, 6.45) is 0. The molecule has 0 radical (unpaired) electrons. The molecule has 1 atom stereocenters. The fourth-order valence-corrected chi connectivity index (χ4v) is 2.30. The van der Waals surface area contributed by atoms with Crippen LogP contribution in [0, 0.1) is 0 Å². The topological polar surface area (TPSA) is 38.9 Å². The average molecular weight is 305 g/mol. The van der Waals surface area contributed by atoms with E-state index in [1.54, 1.807) is 6.07 Å². The maximum Gasteiger partial charge on any atom is 0.249 e. The van der Waals surface area contributed by atoms with Gasteiger partial charge in [0.2, 0.25) is 11.8 Å². The lowest BCUT2D eigenvalue weighted by molar-refractivity contribution is 0.513. The SMILES string of the molecule is Clc1ccccc1-c1nnc(C(Cl)c2ccccc2)o1. The number of alkyl halides is 1. The smallest absolute Gasteiger partial charge is 0.249 e. The molecule has 0 fully saturated rings. The van der Waals surface area contributed by atoms with Crippen molar-refractivity contribution in [1.82, 2.24) is 10.2 Å². The summed E-state index contributed by atoms with van der Waals surface area (Å²) in [5, 5.41) is 8.10. The molecule has 0 saturated carbocycles. The second kappa shape index (κ2) is 5.65. The quantitative estimate of drug-likeness (QED) is 0.657. The Labute approximate surface area is 126 Å². The Hall–Kier alpha value is -1.84. The van der Waals surface area contributed by atoms with E-state index >= 15 is 0 Å². The van der Waals surface area contributed by atoms with E-state index in [1.807, 2.05) is 48.5 Å². The molecule has 3 nitrogen and oxygen atoms in total. The summed E-state index contributed by atoms with van der Waals surface area (Å²) in [5.74, 6) is 0.722. The van der Waals surface area contributed by atoms with Gasteiger partial charge in [-0.1, -0.05) is 54.1 Å². The summed E-state index contributed by atoms with van der Waals surface area (Å²) in [6, 6.07) is 16.9.